The van der Waals surface area contributed by atoms with E-state index >= 15 is 0 Å². The number of esters is 1. The van der Waals surface area contributed by atoms with Crippen LogP contribution in [0.2, 0.25) is 0 Å². The monoisotopic (exact) mass is 274 g/mol. The molecule has 2 N–H and O–H groups in total. The highest BCUT2D eigenvalue weighted by molar-refractivity contribution is 5.75. The van der Waals surface area contributed by atoms with Crippen LogP contribution in [0, 0.1) is 5.92 Å². The molecule has 1 aliphatic carbocycles. The zero-order valence-electron chi connectivity index (χ0n) is 11.7. The van der Waals surface area contributed by atoms with Crippen molar-refractivity contribution in [3.05, 3.63) is 35.9 Å². The quantitative estimate of drug-likeness (QED) is 0.829. The van der Waals surface area contributed by atoms with Gasteiger partial charge in [0.05, 0.1) is 5.92 Å². The van der Waals surface area contributed by atoms with E-state index in [1.165, 1.54) is 19.3 Å². The van der Waals surface area contributed by atoms with Gasteiger partial charge in [0.15, 0.2) is 0 Å². The van der Waals surface area contributed by atoms with Gasteiger partial charge < -0.3 is 4.74 Å². The van der Waals surface area contributed by atoms with E-state index in [9.17, 15) is 4.79 Å². The molecular formula is C16H22N2O2. The van der Waals surface area contributed by atoms with Crippen LogP contribution in [0.15, 0.2) is 30.3 Å². The molecule has 0 radical (unpaired) electrons. The molecule has 4 heteroatoms. The normalized spacial score (nSPS) is 24.7. The number of ether oxygens (including phenoxy) is 1. The zero-order chi connectivity index (χ0) is 13.8. The first-order chi connectivity index (χ1) is 9.80. The van der Waals surface area contributed by atoms with Gasteiger partial charge in [0.1, 0.15) is 6.61 Å². The molecule has 1 aromatic rings. The lowest BCUT2D eigenvalue weighted by molar-refractivity contribution is -0.151. The van der Waals surface area contributed by atoms with Crippen LogP contribution in [0.1, 0.15) is 37.7 Å². The first-order valence-electron chi connectivity index (χ1n) is 7.51. The average Bonchev–Trinajstić information content (AvgIpc) is 2.90. The minimum absolute atomic E-state index is 0.0634. The summed E-state index contributed by atoms with van der Waals surface area (Å²) >= 11 is 0. The van der Waals surface area contributed by atoms with Gasteiger partial charge in [0.2, 0.25) is 0 Å². The smallest absolute Gasteiger partial charge is 0.312 e. The number of nitrogens with one attached hydrogen (secondary N) is 2. The zero-order valence-corrected chi connectivity index (χ0v) is 11.7. The molecule has 4 nitrogen and oxygen atoms in total. The Hall–Kier alpha value is -1.39. The Morgan fingerprint density at radius 1 is 1.20 bits per heavy atom. The van der Waals surface area contributed by atoms with Gasteiger partial charge >= 0.3 is 5.97 Å². The molecule has 0 bridgehead atoms. The first-order valence-corrected chi connectivity index (χ1v) is 7.51. The molecule has 0 amide bonds. The lowest BCUT2D eigenvalue weighted by atomic mass is 9.74. The van der Waals surface area contributed by atoms with Crippen LogP contribution in [0.4, 0.5) is 0 Å². The van der Waals surface area contributed by atoms with E-state index in [1.54, 1.807) is 0 Å². The molecule has 1 aromatic carbocycles. The van der Waals surface area contributed by atoms with Crippen molar-refractivity contribution >= 4 is 5.97 Å². The highest BCUT2D eigenvalue weighted by Crippen LogP contribution is 2.37. The molecule has 3 rings (SSSR count). The van der Waals surface area contributed by atoms with Gasteiger partial charge in [-0.3, -0.25) is 15.6 Å². The Morgan fingerprint density at radius 2 is 1.95 bits per heavy atom. The van der Waals surface area contributed by atoms with E-state index in [0.717, 1.165) is 18.4 Å². The molecule has 1 unspecified atom stereocenters. The molecular weight excluding hydrogens is 252 g/mol. The summed E-state index contributed by atoms with van der Waals surface area (Å²) in [4.78, 5) is 12.4. The number of carbonyl (C=O) groups excluding carboxylic acids is 1. The molecule has 2 fully saturated rings. The Morgan fingerprint density at radius 3 is 2.70 bits per heavy atom. The second-order valence-corrected chi connectivity index (χ2v) is 5.87. The fourth-order valence-corrected chi connectivity index (χ4v) is 3.41. The Kier molecular flexibility index (Phi) is 4.03. The number of carbonyl (C=O) groups is 1. The Bertz CT molecular complexity index is 455. The van der Waals surface area contributed by atoms with Gasteiger partial charge in [-0.15, -0.1) is 0 Å². The maximum Gasteiger partial charge on any atom is 0.312 e. The molecule has 20 heavy (non-hydrogen) atoms. The number of benzene rings is 1. The van der Waals surface area contributed by atoms with E-state index in [1.807, 2.05) is 30.3 Å². The van der Waals surface area contributed by atoms with E-state index in [2.05, 4.69) is 10.9 Å². The summed E-state index contributed by atoms with van der Waals surface area (Å²) in [6.45, 7) is 1.04. The predicted molar refractivity (Wildman–Crippen MR) is 76.7 cm³/mol. The molecule has 1 saturated heterocycles. The SMILES string of the molecule is O=C(OCc1ccccc1)C1CNNC12CCCCC2. The van der Waals surface area contributed by atoms with Crippen molar-refractivity contribution in [2.45, 2.75) is 44.2 Å². The van der Waals surface area contributed by atoms with Crippen LogP contribution < -0.4 is 10.9 Å². The average molecular weight is 274 g/mol. The van der Waals surface area contributed by atoms with Crippen LogP contribution in [0.5, 0.6) is 0 Å². The van der Waals surface area contributed by atoms with Gasteiger partial charge in [-0.25, -0.2) is 0 Å². The van der Waals surface area contributed by atoms with Crippen LogP contribution in [0.3, 0.4) is 0 Å². The van der Waals surface area contributed by atoms with Crippen molar-refractivity contribution in [3.8, 4) is 0 Å². The summed E-state index contributed by atoms with van der Waals surface area (Å²) in [6.07, 6.45) is 5.78. The maximum atomic E-state index is 12.4. The minimum atomic E-state index is -0.0774. The van der Waals surface area contributed by atoms with Gasteiger partial charge in [0, 0.05) is 12.1 Å². The minimum Gasteiger partial charge on any atom is -0.461 e. The third kappa shape index (κ3) is 2.72. The van der Waals surface area contributed by atoms with Crippen molar-refractivity contribution in [1.29, 1.82) is 0 Å². The third-order valence-corrected chi connectivity index (χ3v) is 4.56. The van der Waals surface area contributed by atoms with Gasteiger partial charge in [-0.05, 0) is 18.4 Å². The second-order valence-electron chi connectivity index (χ2n) is 5.87. The number of hydrogen-bond donors (Lipinski definition) is 2. The van der Waals surface area contributed by atoms with Gasteiger partial charge in [-0.2, -0.15) is 0 Å². The van der Waals surface area contributed by atoms with E-state index in [-0.39, 0.29) is 17.4 Å². The summed E-state index contributed by atoms with van der Waals surface area (Å²) in [5.74, 6) is -0.139. The largest absolute Gasteiger partial charge is 0.461 e. The molecule has 1 spiro atoms. The molecule has 1 atom stereocenters. The van der Waals surface area contributed by atoms with Crippen molar-refractivity contribution in [2.24, 2.45) is 5.92 Å². The standard InChI is InChI=1S/C16H22N2O2/c19-15(20-12-13-7-3-1-4-8-13)14-11-17-18-16(14)9-5-2-6-10-16/h1,3-4,7-8,14,17-18H,2,5-6,9-12H2. The highest BCUT2D eigenvalue weighted by atomic mass is 16.5. The topological polar surface area (TPSA) is 50.4 Å². The van der Waals surface area contributed by atoms with E-state index in [0.29, 0.717) is 13.2 Å². The van der Waals surface area contributed by atoms with E-state index < -0.39 is 0 Å². The van der Waals surface area contributed by atoms with Crippen molar-refractivity contribution < 1.29 is 9.53 Å². The first kappa shape index (κ1) is 13.6. The predicted octanol–water partition coefficient (Wildman–Crippen LogP) is 2.16. The molecule has 1 saturated carbocycles. The maximum absolute atomic E-state index is 12.4. The second kappa shape index (κ2) is 5.94. The Labute approximate surface area is 119 Å². The third-order valence-electron chi connectivity index (χ3n) is 4.56. The summed E-state index contributed by atoms with van der Waals surface area (Å²) in [5.41, 5.74) is 7.47. The lowest BCUT2D eigenvalue weighted by Crippen LogP contribution is -2.51. The molecule has 1 heterocycles. The lowest BCUT2D eigenvalue weighted by Gasteiger charge is -2.36. The number of rotatable bonds is 3. The van der Waals surface area contributed by atoms with Crippen LogP contribution in [-0.2, 0) is 16.1 Å². The fourth-order valence-electron chi connectivity index (χ4n) is 3.41. The highest BCUT2D eigenvalue weighted by Gasteiger charge is 2.47. The molecule has 0 aromatic heterocycles. The summed E-state index contributed by atoms with van der Waals surface area (Å²) < 4.78 is 5.52. The van der Waals surface area contributed by atoms with Crippen LogP contribution >= 0.6 is 0 Å². The van der Waals surface area contributed by atoms with E-state index in [4.69, 9.17) is 4.74 Å². The molecule has 2 aliphatic rings. The molecule has 108 valence electrons. The van der Waals surface area contributed by atoms with Crippen LogP contribution in [0.25, 0.3) is 0 Å². The van der Waals surface area contributed by atoms with Gasteiger partial charge in [-0.1, -0.05) is 49.6 Å². The fraction of sp³-hybridized carbons (Fsp3) is 0.562. The summed E-state index contributed by atoms with van der Waals surface area (Å²) in [7, 11) is 0. The van der Waals surface area contributed by atoms with Crippen molar-refractivity contribution in [3.63, 3.8) is 0 Å². The number of hydrazine groups is 1. The summed E-state index contributed by atoms with van der Waals surface area (Å²) in [5, 5.41) is 0. The van der Waals surface area contributed by atoms with Gasteiger partial charge in [0.25, 0.3) is 0 Å². The number of hydrogen-bond acceptors (Lipinski definition) is 4. The van der Waals surface area contributed by atoms with Crippen LogP contribution in [-0.4, -0.2) is 18.1 Å². The Balaban J connectivity index is 1.61. The van der Waals surface area contributed by atoms with Crippen molar-refractivity contribution in [1.82, 2.24) is 10.9 Å². The molecule has 1 aliphatic heterocycles. The summed E-state index contributed by atoms with van der Waals surface area (Å²) in [6, 6.07) is 9.85. The van der Waals surface area contributed by atoms with Crippen molar-refractivity contribution in [2.75, 3.05) is 6.54 Å².